The average molecular weight is 295 g/mol. The van der Waals surface area contributed by atoms with Gasteiger partial charge in [0.25, 0.3) is 0 Å². The lowest BCUT2D eigenvalue weighted by atomic mass is 10.2. The average Bonchev–Trinajstić information content (AvgIpc) is 3.07. The maximum Gasteiger partial charge on any atom is 0.246 e. The van der Waals surface area contributed by atoms with E-state index in [1.165, 1.54) is 21.4 Å². The van der Waals surface area contributed by atoms with Gasteiger partial charge in [0, 0.05) is 19.8 Å². The molecule has 1 fully saturated rings. The van der Waals surface area contributed by atoms with E-state index in [1.807, 2.05) is 19.1 Å². The van der Waals surface area contributed by atoms with E-state index in [0.29, 0.717) is 12.3 Å². The Morgan fingerprint density at radius 3 is 2.80 bits per heavy atom. The largest absolute Gasteiger partial charge is 0.465 e. The van der Waals surface area contributed by atoms with Gasteiger partial charge in [0.1, 0.15) is 16.4 Å². The molecule has 7 heteroatoms. The molecule has 0 N–H and O–H groups in total. The lowest BCUT2D eigenvalue weighted by molar-refractivity contribution is 0.334. The van der Waals surface area contributed by atoms with E-state index in [2.05, 4.69) is 5.10 Å². The molecule has 0 aliphatic carbocycles. The lowest BCUT2D eigenvalue weighted by Gasteiger charge is -2.21. The molecule has 3 rings (SSSR count). The molecule has 0 unspecified atom stereocenters. The zero-order chi connectivity index (χ0) is 14.3. The van der Waals surface area contributed by atoms with E-state index in [1.54, 1.807) is 7.05 Å². The van der Waals surface area contributed by atoms with Gasteiger partial charge in [0.05, 0.1) is 12.2 Å². The van der Waals surface area contributed by atoms with Crippen molar-refractivity contribution in [3.05, 3.63) is 36.0 Å². The predicted molar refractivity (Wildman–Crippen MR) is 72.5 cm³/mol. The smallest absolute Gasteiger partial charge is 0.246 e. The third kappa shape index (κ3) is 2.16. The molecule has 0 amide bonds. The van der Waals surface area contributed by atoms with Crippen molar-refractivity contribution in [2.24, 2.45) is 7.05 Å². The van der Waals surface area contributed by atoms with Crippen molar-refractivity contribution in [2.45, 2.75) is 30.7 Å². The normalized spacial score (nSPS) is 20.6. The molecule has 108 valence electrons. The summed E-state index contributed by atoms with van der Waals surface area (Å²) in [6.45, 7) is 2.38. The van der Waals surface area contributed by atoms with Crippen LogP contribution in [0.5, 0.6) is 0 Å². The van der Waals surface area contributed by atoms with Crippen molar-refractivity contribution in [1.82, 2.24) is 14.1 Å². The molecule has 20 heavy (non-hydrogen) atoms. The molecule has 2 aromatic heterocycles. The molecular weight excluding hydrogens is 278 g/mol. The van der Waals surface area contributed by atoms with Crippen LogP contribution in [0.4, 0.5) is 0 Å². The standard InChI is InChI=1S/C13H17N3O3S/c1-10-5-6-13(19-10)12-4-3-7-16(12)20(17,18)11-8-14-15(2)9-11/h5-6,8-9,12H,3-4,7H2,1-2H3/t12-/m0/s1. The van der Waals surface area contributed by atoms with Crippen molar-refractivity contribution in [1.29, 1.82) is 0 Å². The van der Waals surface area contributed by atoms with Gasteiger partial charge in [0.2, 0.25) is 10.0 Å². The van der Waals surface area contributed by atoms with E-state index < -0.39 is 10.0 Å². The van der Waals surface area contributed by atoms with Crippen LogP contribution in [-0.4, -0.2) is 29.0 Å². The molecule has 0 aromatic carbocycles. The summed E-state index contributed by atoms with van der Waals surface area (Å²) in [6.07, 6.45) is 4.53. The van der Waals surface area contributed by atoms with Gasteiger partial charge in [-0.15, -0.1) is 0 Å². The third-order valence-electron chi connectivity index (χ3n) is 3.58. The van der Waals surface area contributed by atoms with E-state index in [4.69, 9.17) is 4.42 Å². The number of hydrogen-bond donors (Lipinski definition) is 0. The summed E-state index contributed by atoms with van der Waals surface area (Å²) >= 11 is 0. The topological polar surface area (TPSA) is 68.3 Å². The fourth-order valence-electron chi connectivity index (χ4n) is 2.61. The van der Waals surface area contributed by atoms with Crippen LogP contribution in [0.15, 0.2) is 33.8 Å². The van der Waals surface area contributed by atoms with Crippen LogP contribution < -0.4 is 0 Å². The first-order valence-corrected chi connectivity index (χ1v) is 7.99. The number of sulfonamides is 1. The van der Waals surface area contributed by atoms with Crippen LogP contribution in [0.3, 0.4) is 0 Å². The van der Waals surface area contributed by atoms with Crippen molar-refractivity contribution in [2.75, 3.05) is 6.54 Å². The Morgan fingerprint density at radius 1 is 1.40 bits per heavy atom. The minimum absolute atomic E-state index is 0.214. The highest BCUT2D eigenvalue weighted by atomic mass is 32.2. The fraction of sp³-hybridized carbons (Fsp3) is 0.462. The monoisotopic (exact) mass is 295 g/mol. The molecule has 1 atom stereocenters. The number of rotatable bonds is 3. The first-order valence-electron chi connectivity index (χ1n) is 6.55. The number of aryl methyl sites for hydroxylation is 2. The van der Waals surface area contributed by atoms with Gasteiger partial charge in [-0.05, 0) is 31.9 Å². The van der Waals surface area contributed by atoms with Gasteiger partial charge in [-0.3, -0.25) is 4.68 Å². The summed E-state index contributed by atoms with van der Waals surface area (Å²) in [5.41, 5.74) is 0. The summed E-state index contributed by atoms with van der Waals surface area (Å²) in [5.74, 6) is 1.51. The first kappa shape index (κ1) is 13.4. The zero-order valence-electron chi connectivity index (χ0n) is 11.5. The quantitative estimate of drug-likeness (QED) is 0.866. The molecule has 0 radical (unpaired) electrons. The number of hydrogen-bond acceptors (Lipinski definition) is 4. The Bertz CT molecular complexity index is 717. The highest BCUT2D eigenvalue weighted by Gasteiger charge is 2.38. The van der Waals surface area contributed by atoms with Gasteiger partial charge in [-0.1, -0.05) is 0 Å². The molecule has 3 heterocycles. The Morgan fingerprint density at radius 2 is 2.20 bits per heavy atom. The minimum atomic E-state index is -3.52. The van der Waals surface area contributed by atoms with Crippen molar-refractivity contribution in [3.8, 4) is 0 Å². The molecular formula is C13H17N3O3S. The number of nitrogens with zero attached hydrogens (tertiary/aromatic N) is 3. The van der Waals surface area contributed by atoms with Crippen LogP contribution in [0.1, 0.15) is 30.4 Å². The second-order valence-electron chi connectivity index (χ2n) is 5.07. The Hall–Kier alpha value is -1.60. The van der Waals surface area contributed by atoms with E-state index in [0.717, 1.165) is 18.6 Å². The van der Waals surface area contributed by atoms with Crippen molar-refractivity contribution >= 4 is 10.0 Å². The van der Waals surface area contributed by atoms with Gasteiger partial charge in [-0.25, -0.2) is 8.42 Å². The minimum Gasteiger partial charge on any atom is -0.465 e. The lowest BCUT2D eigenvalue weighted by Crippen LogP contribution is -2.30. The van der Waals surface area contributed by atoms with E-state index >= 15 is 0 Å². The fourth-order valence-corrected chi connectivity index (χ4v) is 4.26. The van der Waals surface area contributed by atoms with E-state index in [9.17, 15) is 8.42 Å². The Kier molecular flexibility index (Phi) is 3.18. The van der Waals surface area contributed by atoms with Crippen LogP contribution in [0, 0.1) is 6.92 Å². The second kappa shape index (κ2) is 4.75. The highest BCUT2D eigenvalue weighted by Crippen LogP contribution is 2.36. The Balaban J connectivity index is 1.96. The number of furan rings is 1. The molecule has 0 bridgehead atoms. The number of aromatic nitrogens is 2. The van der Waals surface area contributed by atoms with Gasteiger partial charge in [-0.2, -0.15) is 9.40 Å². The molecule has 0 saturated carbocycles. The summed E-state index contributed by atoms with van der Waals surface area (Å²) in [5, 5.41) is 3.94. The molecule has 6 nitrogen and oxygen atoms in total. The third-order valence-corrected chi connectivity index (χ3v) is 5.44. The predicted octanol–water partition coefficient (Wildman–Crippen LogP) is 1.85. The summed E-state index contributed by atoms with van der Waals surface area (Å²) in [7, 11) is -1.81. The van der Waals surface area contributed by atoms with Crippen LogP contribution in [0.2, 0.25) is 0 Å². The van der Waals surface area contributed by atoms with Crippen LogP contribution in [-0.2, 0) is 17.1 Å². The van der Waals surface area contributed by atoms with Crippen molar-refractivity contribution in [3.63, 3.8) is 0 Å². The van der Waals surface area contributed by atoms with Gasteiger partial charge >= 0.3 is 0 Å². The van der Waals surface area contributed by atoms with Gasteiger partial charge < -0.3 is 4.42 Å². The Labute approximate surface area is 118 Å². The molecule has 1 aliphatic rings. The first-order chi connectivity index (χ1) is 9.48. The maximum absolute atomic E-state index is 12.7. The van der Waals surface area contributed by atoms with Crippen LogP contribution >= 0.6 is 0 Å². The van der Waals surface area contributed by atoms with Gasteiger partial charge in [0.15, 0.2) is 0 Å². The summed E-state index contributed by atoms with van der Waals surface area (Å²) in [6, 6.07) is 3.51. The van der Waals surface area contributed by atoms with E-state index in [-0.39, 0.29) is 10.9 Å². The SMILES string of the molecule is Cc1ccc([C@@H]2CCCN2S(=O)(=O)c2cnn(C)c2)o1. The highest BCUT2D eigenvalue weighted by molar-refractivity contribution is 7.89. The molecule has 1 aliphatic heterocycles. The zero-order valence-corrected chi connectivity index (χ0v) is 12.3. The second-order valence-corrected chi connectivity index (χ2v) is 6.96. The molecule has 0 spiro atoms. The summed E-state index contributed by atoms with van der Waals surface area (Å²) in [4.78, 5) is 0.232. The van der Waals surface area contributed by atoms with Crippen molar-refractivity contribution < 1.29 is 12.8 Å². The summed E-state index contributed by atoms with van der Waals surface area (Å²) < 4.78 is 34.0. The maximum atomic E-state index is 12.7. The van der Waals surface area contributed by atoms with Crippen LogP contribution in [0.25, 0.3) is 0 Å². The molecule has 2 aromatic rings. The molecule has 1 saturated heterocycles.